The van der Waals surface area contributed by atoms with E-state index in [-0.39, 0.29) is 22.0 Å². The molecule has 0 amide bonds. The van der Waals surface area contributed by atoms with E-state index < -0.39 is 16.6 Å². The first kappa shape index (κ1) is 28.2. The number of carbonyl (C=O) groups is 1. The van der Waals surface area contributed by atoms with Gasteiger partial charge in [0, 0.05) is 18.6 Å². The van der Waals surface area contributed by atoms with E-state index in [1.54, 1.807) is 0 Å². The van der Waals surface area contributed by atoms with Crippen molar-refractivity contribution in [2.75, 3.05) is 6.61 Å². The van der Waals surface area contributed by atoms with E-state index in [1.165, 1.54) is 5.56 Å². The van der Waals surface area contributed by atoms with E-state index in [4.69, 9.17) is 8.85 Å². The molecule has 0 bridgehead atoms. The highest BCUT2D eigenvalue weighted by atomic mass is 28.4. The van der Waals surface area contributed by atoms with Crippen molar-refractivity contribution in [3.63, 3.8) is 0 Å². The molecule has 1 aromatic rings. The Morgan fingerprint density at radius 3 is 2.09 bits per heavy atom. The van der Waals surface area contributed by atoms with Crippen LogP contribution < -0.4 is 0 Å². The third kappa shape index (κ3) is 7.48. The maximum absolute atomic E-state index is 12.9. The summed E-state index contributed by atoms with van der Waals surface area (Å²) in [4.78, 5) is 12.9. The fourth-order valence-corrected chi connectivity index (χ4v) is 5.99. The van der Waals surface area contributed by atoms with Gasteiger partial charge in [0.25, 0.3) is 0 Å². The molecule has 0 saturated heterocycles. The normalized spacial score (nSPS) is 18.1. The Bertz CT molecular complexity index is 841. The van der Waals surface area contributed by atoms with Gasteiger partial charge < -0.3 is 8.85 Å². The summed E-state index contributed by atoms with van der Waals surface area (Å²) in [5.41, 5.74) is 3.23. The van der Waals surface area contributed by atoms with E-state index in [9.17, 15) is 4.79 Å². The summed E-state index contributed by atoms with van der Waals surface area (Å²) in [5.74, 6) is 0.217. The lowest BCUT2D eigenvalue weighted by Gasteiger charge is -2.37. The number of hydrogen-bond donors (Lipinski definition) is 0. The molecule has 0 aliphatic heterocycles. The lowest BCUT2D eigenvalue weighted by atomic mass is 9.95. The monoisotopic (exact) mass is 488 g/mol. The zero-order valence-electron chi connectivity index (χ0n) is 22.9. The first-order valence-corrected chi connectivity index (χ1v) is 18.5. The van der Waals surface area contributed by atoms with Crippen molar-refractivity contribution in [2.24, 2.45) is 0 Å². The average molecular weight is 489 g/mol. The van der Waals surface area contributed by atoms with E-state index in [1.807, 2.05) is 6.07 Å². The summed E-state index contributed by atoms with van der Waals surface area (Å²) in [6, 6.07) is 8.41. The molecule has 2 rings (SSSR count). The Morgan fingerprint density at radius 1 is 0.879 bits per heavy atom. The molecule has 0 N–H and O–H groups in total. The molecule has 186 valence electrons. The smallest absolute Gasteiger partial charge is 0.192 e. The van der Waals surface area contributed by atoms with Crippen molar-refractivity contribution in [1.29, 1.82) is 0 Å². The van der Waals surface area contributed by atoms with Crippen LogP contribution in [0.4, 0.5) is 0 Å². The first-order valence-electron chi connectivity index (χ1n) is 12.7. The van der Waals surface area contributed by atoms with E-state index in [0.29, 0.717) is 6.42 Å². The quantitative estimate of drug-likeness (QED) is 0.246. The molecule has 0 radical (unpaired) electrons. The van der Waals surface area contributed by atoms with Crippen LogP contribution in [0.5, 0.6) is 0 Å². The van der Waals surface area contributed by atoms with Crippen LogP contribution in [0.1, 0.15) is 78.4 Å². The SMILES string of the molecule is CC(C)(C)[Si](C)(C)OCCCCCc1ccccc1C1=CC(O[Si](C)(C)C(C)(C)C)CC1=O. The maximum Gasteiger partial charge on any atom is 0.192 e. The standard InChI is InChI=1S/C28H48O3Si2/c1-27(2,3)32(7,8)30-19-15-11-12-16-22-17-13-14-18-24(22)25-20-23(21-26(25)29)31-33(9,10)28(4,5)6/h13-14,17-18,20,23H,11-12,15-16,19,21H2,1-10H3. The topological polar surface area (TPSA) is 35.5 Å². The number of benzene rings is 1. The second-order valence-corrected chi connectivity index (χ2v) is 22.3. The number of rotatable bonds is 10. The van der Waals surface area contributed by atoms with Crippen LogP contribution in [-0.2, 0) is 20.1 Å². The minimum absolute atomic E-state index is 0.0890. The summed E-state index contributed by atoms with van der Waals surface area (Å²) in [6.07, 6.45) is 6.83. The molecule has 0 saturated carbocycles. The van der Waals surface area contributed by atoms with Crippen LogP contribution in [0, 0.1) is 0 Å². The molecule has 1 unspecified atom stereocenters. The number of ketones is 1. The Kier molecular flexibility index (Phi) is 9.16. The van der Waals surface area contributed by atoms with E-state index in [0.717, 1.165) is 43.4 Å². The van der Waals surface area contributed by atoms with Crippen molar-refractivity contribution in [2.45, 2.75) is 116 Å². The lowest BCUT2D eigenvalue weighted by Crippen LogP contribution is -2.43. The molecule has 3 nitrogen and oxygen atoms in total. The fourth-order valence-electron chi connectivity index (χ4n) is 3.64. The van der Waals surface area contributed by atoms with Gasteiger partial charge in [-0.15, -0.1) is 0 Å². The van der Waals surface area contributed by atoms with Crippen molar-refractivity contribution in [3.8, 4) is 0 Å². The molecular formula is C28H48O3Si2. The van der Waals surface area contributed by atoms with Gasteiger partial charge in [0.05, 0.1) is 6.10 Å². The summed E-state index contributed by atoms with van der Waals surface area (Å²) < 4.78 is 12.8. The number of unbranched alkanes of at least 4 members (excludes halogenated alkanes) is 2. The number of hydrogen-bond acceptors (Lipinski definition) is 3. The van der Waals surface area contributed by atoms with Gasteiger partial charge in [-0.25, -0.2) is 0 Å². The average Bonchev–Trinajstić information content (AvgIpc) is 3.02. The number of carbonyl (C=O) groups excluding carboxylic acids is 1. The van der Waals surface area contributed by atoms with Gasteiger partial charge in [-0.3, -0.25) is 4.79 Å². The highest BCUT2D eigenvalue weighted by Crippen LogP contribution is 2.40. The van der Waals surface area contributed by atoms with E-state index in [2.05, 4.69) is 92.0 Å². The molecule has 33 heavy (non-hydrogen) atoms. The molecule has 1 aliphatic rings. The summed E-state index contributed by atoms with van der Waals surface area (Å²) in [5, 5.41) is 0.401. The van der Waals surface area contributed by atoms with Gasteiger partial charge in [0.15, 0.2) is 22.4 Å². The van der Waals surface area contributed by atoms with Gasteiger partial charge in [-0.1, -0.05) is 72.2 Å². The van der Waals surface area contributed by atoms with Crippen molar-refractivity contribution in [3.05, 3.63) is 41.5 Å². The van der Waals surface area contributed by atoms with Crippen LogP contribution in [0.3, 0.4) is 0 Å². The number of aryl methyl sites for hydroxylation is 1. The zero-order valence-corrected chi connectivity index (χ0v) is 24.9. The summed E-state index contributed by atoms with van der Waals surface area (Å²) in [7, 11) is -3.56. The molecule has 0 fully saturated rings. The van der Waals surface area contributed by atoms with Gasteiger partial charge in [0.2, 0.25) is 0 Å². The van der Waals surface area contributed by atoms with Crippen LogP contribution >= 0.6 is 0 Å². The number of Topliss-reactive ketones (excluding diaryl/α,β-unsaturated/α-hetero) is 1. The van der Waals surface area contributed by atoms with Crippen LogP contribution in [0.2, 0.25) is 36.3 Å². The van der Waals surface area contributed by atoms with Gasteiger partial charge >= 0.3 is 0 Å². The third-order valence-corrected chi connectivity index (χ3v) is 17.0. The highest BCUT2D eigenvalue weighted by molar-refractivity contribution is 6.74. The Balaban J connectivity index is 1.96. The maximum atomic E-state index is 12.9. The van der Waals surface area contributed by atoms with E-state index >= 15 is 0 Å². The van der Waals surface area contributed by atoms with Gasteiger partial charge in [-0.05, 0) is 72.7 Å². The lowest BCUT2D eigenvalue weighted by molar-refractivity contribution is -0.114. The predicted octanol–water partition coefficient (Wildman–Crippen LogP) is 8.17. The minimum atomic E-state index is -1.91. The van der Waals surface area contributed by atoms with Crippen molar-refractivity contribution < 1.29 is 13.6 Å². The molecule has 5 heteroatoms. The predicted molar refractivity (Wildman–Crippen MR) is 147 cm³/mol. The van der Waals surface area contributed by atoms with Gasteiger partial charge in [0.1, 0.15) is 0 Å². The molecule has 1 aromatic carbocycles. The summed E-state index contributed by atoms with van der Waals surface area (Å²) >= 11 is 0. The zero-order chi connectivity index (χ0) is 25.1. The number of allylic oxidation sites excluding steroid dienone is 1. The molecule has 0 heterocycles. The fraction of sp³-hybridized carbons (Fsp3) is 0.679. The van der Waals surface area contributed by atoms with Crippen molar-refractivity contribution >= 4 is 28.0 Å². The van der Waals surface area contributed by atoms with Crippen LogP contribution in [-0.4, -0.2) is 35.1 Å². The van der Waals surface area contributed by atoms with Gasteiger partial charge in [-0.2, -0.15) is 0 Å². The second kappa shape index (κ2) is 10.7. The molecule has 0 spiro atoms. The molecule has 0 aromatic heterocycles. The van der Waals surface area contributed by atoms with Crippen LogP contribution in [0.25, 0.3) is 5.57 Å². The first-order chi connectivity index (χ1) is 15.1. The largest absolute Gasteiger partial charge is 0.417 e. The Labute approximate surface area is 205 Å². The molecular weight excluding hydrogens is 440 g/mol. The molecule has 1 atom stereocenters. The Morgan fingerprint density at radius 2 is 1.48 bits per heavy atom. The second-order valence-electron chi connectivity index (χ2n) is 12.7. The third-order valence-electron chi connectivity index (χ3n) is 7.96. The summed E-state index contributed by atoms with van der Waals surface area (Å²) in [6.45, 7) is 23.6. The van der Waals surface area contributed by atoms with Crippen LogP contribution in [0.15, 0.2) is 30.3 Å². The Hall–Kier alpha value is -1.02. The minimum Gasteiger partial charge on any atom is -0.417 e. The van der Waals surface area contributed by atoms with Crippen molar-refractivity contribution in [1.82, 2.24) is 0 Å². The molecule has 1 aliphatic carbocycles. The highest BCUT2D eigenvalue weighted by Gasteiger charge is 2.41.